The largest absolute Gasteiger partial charge is 0.481 e. The molecular formula is C17H17NO3. The maximum atomic E-state index is 11.8. The van der Waals surface area contributed by atoms with Crippen LogP contribution in [0, 0.1) is 0 Å². The van der Waals surface area contributed by atoms with Gasteiger partial charge in [-0.05, 0) is 16.7 Å². The molecule has 0 fully saturated rings. The van der Waals surface area contributed by atoms with Crippen molar-refractivity contribution < 1.29 is 14.7 Å². The van der Waals surface area contributed by atoms with Gasteiger partial charge in [-0.2, -0.15) is 0 Å². The summed E-state index contributed by atoms with van der Waals surface area (Å²) in [6.07, 6.45) is 0.292. The fourth-order valence-corrected chi connectivity index (χ4v) is 1.99. The second-order valence-corrected chi connectivity index (χ2v) is 4.83. The van der Waals surface area contributed by atoms with Gasteiger partial charge >= 0.3 is 5.97 Å². The molecule has 108 valence electrons. The number of nitrogens with one attached hydrogen (secondary N) is 1. The van der Waals surface area contributed by atoms with Crippen LogP contribution in [0.5, 0.6) is 0 Å². The van der Waals surface area contributed by atoms with E-state index in [-0.39, 0.29) is 12.3 Å². The molecule has 0 heterocycles. The van der Waals surface area contributed by atoms with Gasteiger partial charge < -0.3 is 10.4 Å². The number of benzene rings is 2. The highest BCUT2D eigenvalue weighted by molar-refractivity contribution is 5.78. The minimum Gasteiger partial charge on any atom is -0.481 e. The monoisotopic (exact) mass is 283 g/mol. The van der Waals surface area contributed by atoms with Crippen molar-refractivity contribution in [1.29, 1.82) is 0 Å². The maximum absolute atomic E-state index is 11.8. The van der Waals surface area contributed by atoms with Crippen LogP contribution >= 0.6 is 0 Å². The van der Waals surface area contributed by atoms with Crippen molar-refractivity contribution >= 4 is 11.9 Å². The lowest BCUT2D eigenvalue weighted by atomic mass is 10.1. The zero-order valence-corrected chi connectivity index (χ0v) is 11.6. The molecule has 0 radical (unpaired) electrons. The van der Waals surface area contributed by atoms with Crippen LogP contribution in [0.3, 0.4) is 0 Å². The normalized spacial score (nSPS) is 10.1. The van der Waals surface area contributed by atoms with Crippen LogP contribution in [0.2, 0.25) is 0 Å². The number of hydrogen-bond donors (Lipinski definition) is 2. The number of carboxylic acids is 1. The highest BCUT2D eigenvalue weighted by atomic mass is 16.4. The van der Waals surface area contributed by atoms with E-state index in [1.807, 2.05) is 30.3 Å². The van der Waals surface area contributed by atoms with Gasteiger partial charge in [0, 0.05) is 6.54 Å². The van der Waals surface area contributed by atoms with Crippen LogP contribution in [0.1, 0.15) is 16.7 Å². The third kappa shape index (κ3) is 5.10. The summed E-state index contributed by atoms with van der Waals surface area (Å²) in [5, 5.41) is 11.6. The second kappa shape index (κ2) is 7.24. The van der Waals surface area contributed by atoms with Crippen molar-refractivity contribution in [3.63, 3.8) is 0 Å². The predicted molar refractivity (Wildman–Crippen MR) is 79.8 cm³/mol. The third-order valence-electron chi connectivity index (χ3n) is 3.08. The van der Waals surface area contributed by atoms with Gasteiger partial charge in [0.2, 0.25) is 5.91 Å². The van der Waals surface area contributed by atoms with Gasteiger partial charge in [0.25, 0.3) is 0 Å². The van der Waals surface area contributed by atoms with Gasteiger partial charge in [0.1, 0.15) is 0 Å². The van der Waals surface area contributed by atoms with Crippen molar-refractivity contribution in [1.82, 2.24) is 5.32 Å². The Hall–Kier alpha value is -2.62. The summed E-state index contributed by atoms with van der Waals surface area (Å²) >= 11 is 0. The predicted octanol–water partition coefficient (Wildman–Crippen LogP) is 2.17. The Kier molecular flexibility index (Phi) is 5.10. The molecule has 0 aliphatic carbocycles. The molecule has 0 aromatic heterocycles. The number of carbonyl (C=O) groups excluding carboxylic acids is 1. The Balaban J connectivity index is 1.83. The van der Waals surface area contributed by atoms with Crippen molar-refractivity contribution in [2.75, 3.05) is 0 Å². The van der Waals surface area contributed by atoms with Crippen molar-refractivity contribution in [2.24, 2.45) is 0 Å². The topological polar surface area (TPSA) is 66.4 Å². The van der Waals surface area contributed by atoms with E-state index >= 15 is 0 Å². The molecule has 0 bridgehead atoms. The molecule has 4 heteroatoms. The molecule has 2 N–H and O–H groups in total. The third-order valence-corrected chi connectivity index (χ3v) is 3.08. The van der Waals surface area contributed by atoms with Crippen molar-refractivity contribution in [3.8, 4) is 0 Å². The highest BCUT2D eigenvalue weighted by Gasteiger charge is 2.05. The molecule has 0 saturated carbocycles. The molecule has 4 nitrogen and oxygen atoms in total. The number of rotatable bonds is 6. The standard InChI is InChI=1S/C17H17NO3/c19-16(18-12-15-4-2-1-3-5-15)10-13-6-8-14(9-7-13)11-17(20)21/h1-9H,10-12H2,(H,18,19)(H,20,21). The highest BCUT2D eigenvalue weighted by Crippen LogP contribution is 2.06. The Morgan fingerprint density at radius 2 is 1.38 bits per heavy atom. The summed E-state index contributed by atoms with van der Waals surface area (Å²) in [5.74, 6) is -0.909. The minimum atomic E-state index is -0.858. The average Bonchev–Trinajstić information content (AvgIpc) is 2.48. The number of amides is 1. The molecule has 0 spiro atoms. The second-order valence-electron chi connectivity index (χ2n) is 4.83. The van der Waals surface area contributed by atoms with Crippen LogP contribution in [-0.4, -0.2) is 17.0 Å². The lowest BCUT2D eigenvalue weighted by molar-refractivity contribution is -0.136. The summed E-state index contributed by atoms with van der Waals surface area (Å²) in [7, 11) is 0. The van der Waals surface area contributed by atoms with Crippen LogP contribution in [-0.2, 0) is 29.0 Å². The van der Waals surface area contributed by atoms with Crippen molar-refractivity contribution in [2.45, 2.75) is 19.4 Å². The van der Waals surface area contributed by atoms with E-state index in [1.54, 1.807) is 24.3 Å². The van der Waals surface area contributed by atoms with E-state index in [0.717, 1.165) is 16.7 Å². The molecular weight excluding hydrogens is 266 g/mol. The first kappa shape index (κ1) is 14.8. The summed E-state index contributed by atoms with van der Waals surface area (Å²) in [5.41, 5.74) is 2.66. The Morgan fingerprint density at radius 3 is 1.95 bits per heavy atom. The van der Waals surface area contributed by atoms with Crippen LogP contribution < -0.4 is 5.32 Å². The smallest absolute Gasteiger partial charge is 0.307 e. The molecule has 0 atom stereocenters. The molecule has 0 saturated heterocycles. The molecule has 1 amide bonds. The fourth-order valence-electron chi connectivity index (χ4n) is 1.99. The number of carbonyl (C=O) groups is 2. The minimum absolute atomic E-state index is 0.000480. The van der Waals surface area contributed by atoms with E-state index < -0.39 is 5.97 Å². The summed E-state index contributed by atoms with van der Waals surface area (Å²) in [4.78, 5) is 22.4. The van der Waals surface area contributed by atoms with E-state index in [0.29, 0.717) is 13.0 Å². The van der Waals surface area contributed by atoms with E-state index in [2.05, 4.69) is 5.32 Å². The quantitative estimate of drug-likeness (QED) is 0.854. The first-order chi connectivity index (χ1) is 10.1. The lowest BCUT2D eigenvalue weighted by Gasteiger charge is -2.06. The SMILES string of the molecule is O=C(O)Cc1ccc(CC(=O)NCc2ccccc2)cc1. The molecule has 2 aromatic carbocycles. The van der Waals surface area contributed by atoms with Gasteiger partial charge in [-0.3, -0.25) is 9.59 Å². The zero-order valence-electron chi connectivity index (χ0n) is 11.6. The molecule has 2 rings (SSSR count). The summed E-state index contributed by atoms with van der Waals surface area (Å²) in [6.45, 7) is 0.511. The molecule has 0 aliphatic rings. The van der Waals surface area contributed by atoms with E-state index in [4.69, 9.17) is 5.11 Å². The maximum Gasteiger partial charge on any atom is 0.307 e. The first-order valence-corrected chi connectivity index (χ1v) is 6.74. The van der Waals surface area contributed by atoms with Gasteiger partial charge in [0.15, 0.2) is 0 Å². The average molecular weight is 283 g/mol. The lowest BCUT2D eigenvalue weighted by Crippen LogP contribution is -2.24. The zero-order chi connectivity index (χ0) is 15.1. The van der Waals surface area contributed by atoms with Gasteiger partial charge in [-0.25, -0.2) is 0 Å². The number of aliphatic carboxylic acids is 1. The van der Waals surface area contributed by atoms with Crippen LogP contribution in [0.25, 0.3) is 0 Å². The summed E-state index contributed by atoms with van der Waals surface area (Å²) < 4.78 is 0. The molecule has 0 aliphatic heterocycles. The Labute approximate surface area is 123 Å². The fraction of sp³-hybridized carbons (Fsp3) is 0.176. The van der Waals surface area contributed by atoms with Gasteiger partial charge in [-0.1, -0.05) is 54.6 Å². The van der Waals surface area contributed by atoms with Crippen LogP contribution in [0.4, 0.5) is 0 Å². The van der Waals surface area contributed by atoms with Crippen LogP contribution in [0.15, 0.2) is 54.6 Å². The van der Waals surface area contributed by atoms with Gasteiger partial charge in [0.05, 0.1) is 12.8 Å². The number of hydrogen-bond acceptors (Lipinski definition) is 2. The Morgan fingerprint density at radius 1 is 0.810 bits per heavy atom. The molecule has 2 aromatic rings. The van der Waals surface area contributed by atoms with Crippen molar-refractivity contribution in [3.05, 3.63) is 71.3 Å². The van der Waals surface area contributed by atoms with E-state index in [1.165, 1.54) is 0 Å². The Bertz CT molecular complexity index is 606. The molecule has 0 unspecified atom stereocenters. The first-order valence-electron chi connectivity index (χ1n) is 6.74. The summed E-state index contributed by atoms with van der Waals surface area (Å²) in [6, 6.07) is 16.8. The van der Waals surface area contributed by atoms with E-state index in [9.17, 15) is 9.59 Å². The molecule has 21 heavy (non-hydrogen) atoms. The van der Waals surface area contributed by atoms with Gasteiger partial charge in [-0.15, -0.1) is 0 Å². The number of carboxylic acid groups (broad SMARTS) is 1.